The maximum atomic E-state index is 12.3. The Labute approximate surface area is 159 Å². The summed E-state index contributed by atoms with van der Waals surface area (Å²) < 4.78 is 6.38. The molecule has 8 heteroatoms. The summed E-state index contributed by atoms with van der Waals surface area (Å²) >= 11 is 1.59. The highest BCUT2D eigenvalue weighted by atomic mass is 32.1. The summed E-state index contributed by atoms with van der Waals surface area (Å²) in [6.45, 7) is 2.06. The molecular formula is C19H17N3O4S. The van der Waals surface area contributed by atoms with Crippen LogP contribution in [0.5, 0.6) is 5.75 Å². The standard InChI is InChI=1S/C19H17N3O4S/c23-18(13-4-6-14(7-5-13)22(24)25)26-15-8-9-16-17(12-15)27-19(20-16)21-10-2-1-3-11-21/h4-9,12H,1-3,10-11H2. The molecule has 27 heavy (non-hydrogen) atoms. The molecule has 2 heterocycles. The number of fused-ring (bicyclic) bond motifs is 1. The van der Waals surface area contributed by atoms with Gasteiger partial charge in [-0.1, -0.05) is 11.3 Å². The van der Waals surface area contributed by atoms with Crippen molar-refractivity contribution in [1.82, 2.24) is 4.98 Å². The van der Waals surface area contributed by atoms with Gasteiger partial charge in [-0.2, -0.15) is 0 Å². The number of nitrogens with zero attached hydrogens (tertiary/aromatic N) is 3. The molecule has 0 aliphatic carbocycles. The third-order valence-corrected chi connectivity index (χ3v) is 5.58. The van der Waals surface area contributed by atoms with Crippen molar-refractivity contribution >= 4 is 38.3 Å². The summed E-state index contributed by atoms with van der Waals surface area (Å²) in [5, 5.41) is 11.7. The number of nitro groups is 1. The van der Waals surface area contributed by atoms with E-state index in [0.29, 0.717) is 5.75 Å². The zero-order valence-corrected chi connectivity index (χ0v) is 15.3. The van der Waals surface area contributed by atoms with Crippen molar-refractivity contribution in [3.8, 4) is 5.75 Å². The molecule has 0 N–H and O–H groups in total. The third-order valence-electron chi connectivity index (χ3n) is 4.50. The van der Waals surface area contributed by atoms with Crippen LogP contribution in [0.4, 0.5) is 10.8 Å². The Balaban J connectivity index is 1.51. The smallest absolute Gasteiger partial charge is 0.343 e. The fraction of sp³-hybridized carbons (Fsp3) is 0.263. The van der Waals surface area contributed by atoms with Crippen LogP contribution in [0.2, 0.25) is 0 Å². The molecule has 1 aromatic heterocycles. The van der Waals surface area contributed by atoms with Crippen LogP contribution in [0.1, 0.15) is 29.6 Å². The summed E-state index contributed by atoms with van der Waals surface area (Å²) in [6, 6.07) is 10.7. The predicted molar refractivity (Wildman–Crippen MR) is 104 cm³/mol. The monoisotopic (exact) mass is 383 g/mol. The summed E-state index contributed by atoms with van der Waals surface area (Å²) in [5.41, 5.74) is 1.08. The zero-order chi connectivity index (χ0) is 18.8. The second kappa shape index (κ2) is 7.32. The van der Waals surface area contributed by atoms with Crippen molar-refractivity contribution in [3.63, 3.8) is 0 Å². The quantitative estimate of drug-likeness (QED) is 0.287. The number of nitro benzene ring substituents is 1. The van der Waals surface area contributed by atoms with Crippen LogP contribution in [0.3, 0.4) is 0 Å². The molecule has 1 aliphatic rings. The van der Waals surface area contributed by atoms with Crippen molar-refractivity contribution in [2.45, 2.75) is 19.3 Å². The number of rotatable bonds is 4. The third kappa shape index (κ3) is 3.75. The molecule has 2 aromatic carbocycles. The van der Waals surface area contributed by atoms with Crippen molar-refractivity contribution < 1.29 is 14.5 Å². The number of hydrogen-bond acceptors (Lipinski definition) is 7. The molecule has 138 valence electrons. The van der Waals surface area contributed by atoms with E-state index in [-0.39, 0.29) is 11.3 Å². The Morgan fingerprint density at radius 1 is 1.11 bits per heavy atom. The Bertz CT molecular complexity index is 994. The summed E-state index contributed by atoms with van der Waals surface area (Å²) in [4.78, 5) is 29.4. The summed E-state index contributed by atoms with van der Waals surface area (Å²) in [7, 11) is 0. The zero-order valence-electron chi connectivity index (χ0n) is 14.5. The molecule has 4 rings (SSSR count). The number of aromatic nitrogens is 1. The van der Waals surface area contributed by atoms with Gasteiger partial charge in [-0.15, -0.1) is 0 Å². The number of non-ortho nitro benzene ring substituents is 1. The Kier molecular flexibility index (Phi) is 4.72. The lowest BCUT2D eigenvalue weighted by Gasteiger charge is -2.25. The van der Waals surface area contributed by atoms with Gasteiger partial charge in [0.2, 0.25) is 0 Å². The SMILES string of the molecule is O=C(Oc1ccc2nc(N3CCCCC3)sc2c1)c1ccc([N+](=O)[O-])cc1. The van der Waals surface area contributed by atoms with E-state index in [2.05, 4.69) is 9.88 Å². The Morgan fingerprint density at radius 3 is 2.56 bits per heavy atom. The number of hydrogen-bond donors (Lipinski definition) is 0. The van der Waals surface area contributed by atoms with Gasteiger partial charge in [-0.25, -0.2) is 9.78 Å². The molecule has 7 nitrogen and oxygen atoms in total. The van der Waals surface area contributed by atoms with E-state index in [9.17, 15) is 14.9 Å². The fourth-order valence-corrected chi connectivity index (χ4v) is 4.11. The molecule has 1 saturated heterocycles. The van der Waals surface area contributed by atoms with E-state index in [1.54, 1.807) is 17.4 Å². The first kappa shape index (κ1) is 17.4. The van der Waals surface area contributed by atoms with Crippen LogP contribution in [0, 0.1) is 10.1 Å². The molecule has 0 spiro atoms. The lowest BCUT2D eigenvalue weighted by molar-refractivity contribution is -0.384. The number of thiazole rings is 1. The van der Waals surface area contributed by atoms with Crippen LogP contribution in [0.25, 0.3) is 10.2 Å². The van der Waals surface area contributed by atoms with Gasteiger partial charge in [0, 0.05) is 31.3 Å². The number of anilines is 1. The van der Waals surface area contributed by atoms with Gasteiger partial charge in [-0.3, -0.25) is 10.1 Å². The second-order valence-electron chi connectivity index (χ2n) is 6.37. The van der Waals surface area contributed by atoms with Gasteiger partial charge in [0.05, 0.1) is 20.7 Å². The van der Waals surface area contributed by atoms with E-state index in [1.807, 2.05) is 12.1 Å². The highest BCUT2D eigenvalue weighted by molar-refractivity contribution is 7.22. The normalized spacial score (nSPS) is 14.3. The minimum atomic E-state index is -0.551. The first-order valence-electron chi connectivity index (χ1n) is 8.72. The van der Waals surface area contributed by atoms with E-state index < -0.39 is 10.9 Å². The number of carbonyl (C=O) groups excluding carboxylic acids is 1. The van der Waals surface area contributed by atoms with Crippen molar-refractivity contribution in [1.29, 1.82) is 0 Å². The minimum Gasteiger partial charge on any atom is -0.423 e. The number of piperidine rings is 1. The number of benzene rings is 2. The molecule has 0 radical (unpaired) electrons. The van der Waals surface area contributed by atoms with E-state index >= 15 is 0 Å². The highest BCUT2D eigenvalue weighted by Gasteiger charge is 2.16. The molecule has 3 aromatic rings. The van der Waals surface area contributed by atoms with Crippen molar-refractivity contribution in [3.05, 3.63) is 58.1 Å². The van der Waals surface area contributed by atoms with Gasteiger partial charge >= 0.3 is 5.97 Å². The van der Waals surface area contributed by atoms with E-state index in [0.717, 1.165) is 28.4 Å². The number of carbonyl (C=O) groups is 1. The first-order chi connectivity index (χ1) is 13.1. The highest BCUT2D eigenvalue weighted by Crippen LogP contribution is 2.33. The maximum Gasteiger partial charge on any atom is 0.343 e. The topological polar surface area (TPSA) is 85.6 Å². The van der Waals surface area contributed by atoms with Gasteiger partial charge in [0.15, 0.2) is 5.13 Å². The molecule has 0 atom stereocenters. The lowest BCUT2D eigenvalue weighted by atomic mass is 10.1. The molecule has 0 unspecified atom stereocenters. The molecule has 0 bridgehead atoms. The predicted octanol–water partition coefficient (Wildman–Crippen LogP) is 4.41. The maximum absolute atomic E-state index is 12.3. The summed E-state index contributed by atoms with van der Waals surface area (Å²) in [5.74, 6) is -0.121. The van der Waals surface area contributed by atoms with Crippen LogP contribution in [0.15, 0.2) is 42.5 Å². The van der Waals surface area contributed by atoms with E-state index in [4.69, 9.17) is 4.74 Å². The number of esters is 1. The van der Waals surface area contributed by atoms with Crippen LogP contribution < -0.4 is 9.64 Å². The largest absolute Gasteiger partial charge is 0.423 e. The molecular weight excluding hydrogens is 366 g/mol. The minimum absolute atomic E-state index is 0.0668. The lowest BCUT2D eigenvalue weighted by Crippen LogP contribution is -2.29. The van der Waals surface area contributed by atoms with Crippen molar-refractivity contribution in [2.24, 2.45) is 0 Å². The molecule has 1 fully saturated rings. The van der Waals surface area contributed by atoms with Gasteiger partial charge in [0.1, 0.15) is 5.75 Å². The van der Waals surface area contributed by atoms with Gasteiger partial charge < -0.3 is 9.64 Å². The van der Waals surface area contributed by atoms with Crippen LogP contribution in [-0.2, 0) is 0 Å². The summed E-state index contributed by atoms with van der Waals surface area (Å²) in [6.07, 6.45) is 3.65. The second-order valence-corrected chi connectivity index (χ2v) is 7.38. The van der Waals surface area contributed by atoms with Gasteiger partial charge in [0.25, 0.3) is 5.69 Å². The fourth-order valence-electron chi connectivity index (χ4n) is 3.06. The van der Waals surface area contributed by atoms with Crippen LogP contribution >= 0.6 is 11.3 Å². The average molecular weight is 383 g/mol. The molecule has 1 aliphatic heterocycles. The average Bonchev–Trinajstić information content (AvgIpc) is 3.12. The van der Waals surface area contributed by atoms with Crippen molar-refractivity contribution in [2.75, 3.05) is 18.0 Å². The Morgan fingerprint density at radius 2 is 1.85 bits per heavy atom. The number of ether oxygens (including phenoxy) is 1. The van der Waals surface area contributed by atoms with Gasteiger partial charge in [-0.05, 0) is 43.5 Å². The molecule has 0 saturated carbocycles. The van der Waals surface area contributed by atoms with E-state index in [1.165, 1.54) is 43.5 Å². The first-order valence-corrected chi connectivity index (χ1v) is 9.54. The molecule has 0 amide bonds. The Hall–Kier alpha value is -3.00. The van der Waals surface area contributed by atoms with Crippen LogP contribution in [-0.4, -0.2) is 29.0 Å².